The van der Waals surface area contributed by atoms with Gasteiger partial charge in [0.1, 0.15) is 17.7 Å². The molecule has 1 aliphatic carbocycles. The van der Waals surface area contributed by atoms with E-state index in [2.05, 4.69) is 34.5 Å². The summed E-state index contributed by atoms with van der Waals surface area (Å²) in [6, 6.07) is 15.7. The molecule has 1 saturated heterocycles. The Labute approximate surface area is 218 Å². The topological polar surface area (TPSA) is 87.7 Å². The van der Waals surface area contributed by atoms with Crippen LogP contribution in [0.3, 0.4) is 0 Å². The summed E-state index contributed by atoms with van der Waals surface area (Å²) in [5.41, 5.74) is 3.45. The molecular formula is C29H35N5O3. The Hall–Kier alpha value is -3.52. The normalized spacial score (nSPS) is 17.1. The summed E-state index contributed by atoms with van der Waals surface area (Å²) < 4.78 is 5.01. The van der Waals surface area contributed by atoms with Gasteiger partial charge in [-0.1, -0.05) is 50.2 Å². The molecule has 1 aliphatic heterocycles. The van der Waals surface area contributed by atoms with Crippen molar-refractivity contribution in [2.75, 3.05) is 38.6 Å². The van der Waals surface area contributed by atoms with Gasteiger partial charge in [-0.05, 0) is 42.0 Å². The van der Waals surface area contributed by atoms with Gasteiger partial charge in [-0.3, -0.25) is 9.69 Å². The number of amides is 1. The molecule has 1 atom stereocenters. The zero-order chi connectivity index (χ0) is 25.9. The van der Waals surface area contributed by atoms with E-state index in [-0.39, 0.29) is 23.7 Å². The maximum absolute atomic E-state index is 13.2. The number of benzene rings is 2. The van der Waals surface area contributed by atoms with Crippen molar-refractivity contribution >= 4 is 28.6 Å². The number of nitrogens with one attached hydrogen (secondary N) is 1. The lowest BCUT2D eigenvalue weighted by Gasteiger charge is -2.35. The molecule has 8 nitrogen and oxygen atoms in total. The van der Waals surface area contributed by atoms with Crippen molar-refractivity contribution in [2.24, 2.45) is 11.8 Å². The molecule has 2 aromatic carbocycles. The van der Waals surface area contributed by atoms with Crippen LogP contribution in [0.2, 0.25) is 0 Å². The smallest absolute Gasteiger partial charge is 0.328 e. The van der Waals surface area contributed by atoms with E-state index < -0.39 is 6.04 Å². The van der Waals surface area contributed by atoms with E-state index in [1.165, 1.54) is 18.2 Å². The van der Waals surface area contributed by atoms with E-state index >= 15 is 0 Å². The molecule has 5 rings (SSSR count). The number of ether oxygens (including phenoxy) is 1. The van der Waals surface area contributed by atoms with E-state index in [4.69, 9.17) is 14.7 Å². The number of rotatable bonds is 7. The standard InChI is InChI=1S/C29H35N5O3/c1-19(2)26(29(36)37-3)32-27-23-10-6-7-11-24(23)30-25(31-27)18-33-12-14-34(15-13-33)28(35)22-16-20-8-4-5-9-21(20)17-22/h4-11,19,22,26H,12-18H2,1-3H3,(H,30,31,32)/t26-/m0/s1. The van der Waals surface area contributed by atoms with Crippen LogP contribution in [0.15, 0.2) is 48.5 Å². The zero-order valence-corrected chi connectivity index (χ0v) is 21.8. The van der Waals surface area contributed by atoms with Crippen LogP contribution in [0.5, 0.6) is 0 Å². The van der Waals surface area contributed by atoms with E-state index in [0.29, 0.717) is 31.3 Å². The molecule has 8 heteroatoms. The molecule has 2 heterocycles. The predicted molar refractivity (Wildman–Crippen MR) is 143 cm³/mol. The number of hydrogen-bond donors (Lipinski definition) is 1. The largest absolute Gasteiger partial charge is 0.467 e. The van der Waals surface area contributed by atoms with Crippen LogP contribution in [-0.2, 0) is 33.7 Å². The first-order valence-electron chi connectivity index (χ1n) is 13.1. The fourth-order valence-electron chi connectivity index (χ4n) is 5.40. The van der Waals surface area contributed by atoms with Crippen LogP contribution in [0.1, 0.15) is 30.8 Å². The molecule has 0 radical (unpaired) electrons. The van der Waals surface area contributed by atoms with Gasteiger partial charge in [-0.25, -0.2) is 14.8 Å². The van der Waals surface area contributed by atoms with Crippen molar-refractivity contribution in [3.8, 4) is 0 Å². The van der Waals surface area contributed by atoms with Gasteiger partial charge < -0.3 is 15.0 Å². The molecule has 1 aromatic heterocycles. The maximum Gasteiger partial charge on any atom is 0.328 e. The molecule has 194 valence electrons. The summed E-state index contributed by atoms with van der Waals surface area (Å²) in [6.45, 7) is 7.52. The third-order valence-electron chi connectivity index (χ3n) is 7.51. The summed E-state index contributed by atoms with van der Waals surface area (Å²) in [7, 11) is 1.40. The van der Waals surface area contributed by atoms with Crippen LogP contribution in [0.25, 0.3) is 10.9 Å². The highest BCUT2D eigenvalue weighted by Gasteiger charge is 2.32. The van der Waals surface area contributed by atoms with E-state index in [1.54, 1.807) is 0 Å². The summed E-state index contributed by atoms with van der Waals surface area (Å²) in [5, 5.41) is 4.18. The predicted octanol–water partition coefficient (Wildman–Crippen LogP) is 3.30. The number of piperazine rings is 1. The Morgan fingerprint density at radius 2 is 1.62 bits per heavy atom. The molecule has 0 spiro atoms. The highest BCUT2D eigenvalue weighted by atomic mass is 16.5. The monoisotopic (exact) mass is 501 g/mol. The number of hydrogen-bond acceptors (Lipinski definition) is 7. The minimum Gasteiger partial charge on any atom is -0.467 e. The van der Waals surface area contributed by atoms with Gasteiger partial charge in [-0.15, -0.1) is 0 Å². The number of para-hydroxylation sites is 1. The molecule has 3 aromatic rings. The van der Waals surface area contributed by atoms with E-state index in [9.17, 15) is 9.59 Å². The number of fused-ring (bicyclic) bond motifs is 2. The minimum atomic E-state index is -0.507. The quantitative estimate of drug-likeness (QED) is 0.497. The SMILES string of the molecule is COC(=O)[C@@H](Nc1nc(CN2CCN(C(=O)C3Cc4ccccc4C3)CC2)nc2ccccc12)C(C)C. The number of carbonyl (C=O) groups is 2. The van der Waals surface area contributed by atoms with Crippen LogP contribution in [0, 0.1) is 11.8 Å². The van der Waals surface area contributed by atoms with Crippen molar-refractivity contribution in [2.45, 2.75) is 39.3 Å². The third-order valence-corrected chi connectivity index (χ3v) is 7.51. The molecule has 0 unspecified atom stereocenters. The molecule has 1 amide bonds. The molecule has 1 N–H and O–H groups in total. The van der Waals surface area contributed by atoms with Gasteiger partial charge in [0.05, 0.1) is 19.2 Å². The highest BCUT2D eigenvalue weighted by Crippen LogP contribution is 2.28. The Morgan fingerprint density at radius 3 is 2.27 bits per heavy atom. The summed E-state index contributed by atoms with van der Waals surface area (Å²) in [6.07, 6.45) is 1.69. The Bertz CT molecular complexity index is 1260. The Balaban J connectivity index is 1.25. The molecule has 1 fully saturated rings. The molecule has 0 bridgehead atoms. The van der Waals surface area contributed by atoms with E-state index in [0.717, 1.165) is 36.8 Å². The second-order valence-electron chi connectivity index (χ2n) is 10.4. The second-order valence-corrected chi connectivity index (χ2v) is 10.4. The summed E-state index contributed by atoms with van der Waals surface area (Å²) in [5.74, 6) is 1.38. The first kappa shape index (κ1) is 25.1. The summed E-state index contributed by atoms with van der Waals surface area (Å²) in [4.78, 5) is 39.5. The first-order valence-corrected chi connectivity index (χ1v) is 13.1. The highest BCUT2D eigenvalue weighted by molar-refractivity contribution is 5.91. The van der Waals surface area contributed by atoms with Crippen molar-refractivity contribution in [3.63, 3.8) is 0 Å². The number of carbonyl (C=O) groups excluding carboxylic acids is 2. The van der Waals surface area contributed by atoms with Crippen LogP contribution >= 0.6 is 0 Å². The average molecular weight is 502 g/mol. The fraction of sp³-hybridized carbons (Fsp3) is 0.448. The van der Waals surface area contributed by atoms with Gasteiger partial charge >= 0.3 is 5.97 Å². The Kier molecular flexibility index (Phi) is 7.37. The summed E-state index contributed by atoms with van der Waals surface area (Å²) >= 11 is 0. The number of nitrogens with zero attached hydrogens (tertiary/aromatic N) is 4. The first-order chi connectivity index (χ1) is 17.9. The molecule has 2 aliphatic rings. The molecule has 37 heavy (non-hydrogen) atoms. The molecular weight excluding hydrogens is 466 g/mol. The van der Waals surface area contributed by atoms with Crippen LogP contribution in [-0.4, -0.2) is 71.0 Å². The van der Waals surface area contributed by atoms with Crippen molar-refractivity contribution in [1.82, 2.24) is 19.8 Å². The van der Waals surface area contributed by atoms with Crippen molar-refractivity contribution in [3.05, 3.63) is 65.5 Å². The van der Waals surface area contributed by atoms with E-state index in [1.807, 2.05) is 43.0 Å². The van der Waals surface area contributed by atoms with Crippen LogP contribution in [0.4, 0.5) is 5.82 Å². The minimum absolute atomic E-state index is 0.0305. The lowest BCUT2D eigenvalue weighted by atomic mass is 10.0. The zero-order valence-electron chi connectivity index (χ0n) is 21.8. The van der Waals surface area contributed by atoms with Gasteiger partial charge in [0.2, 0.25) is 5.91 Å². The van der Waals surface area contributed by atoms with Gasteiger partial charge in [-0.2, -0.15) is 0 Å². The number of esters is 1. The fourth-order valence-corrected chi connectivity index (χ4v) is 5.40. The lowest BCUT2D eigenvalue weighted by molar-refractivity contribution is -0.142. The van der Waals surface area contributed by atoms with Crippen LogP contribution < -0.4 is 5.32 Å². The number of anilines is 1. The van der Waals surface area contributed by atoms with Gasteiger partial charge in [0, 0.05) is 37.5 Å². The average Bonchev–Trinajstić information content (AvgIpc) is 3.35. The van der Waals surface area contributed by atoms with Gasteiger partial charge in [0.25, 0.3) is 0 Å². The second kappa shape index (κ2) is 10.8. The number of methoxy groups -OCH3 is 1. The lowest BCUT2D eigenvalue weighted by Crippen LogP contribution is -2.50. The molecule has 0 saturated carbocycles. The van der Waals surface area contributed by atoms with Crippen molar-refractivity contribution in [1.29, 1.82) is 0 Å². The number of aromatic nitrogens is 2. The third kappa shape index (κ3) is 5.44. The maximum atomic E-state index is 13.2. The van der Waals surface area contributed by atoms with Crippen molar-refractivity contribution < 1.29 is 14.3 Å². The Morgan fingerprint density at radius 1 is 0.973 bits per heavy atom. The van der Waals surface area contributed by atoms with Gasteiger partial charge in [0.15, 0.2) is 0 Å².